The third-order valence-corrected chi connectivity index (χ3v) is 2.78. The van der Waals surface area contributed by atoms with E-state index in [9.17, 15) is 10.1 Å². The molecule has 0 radical (unpaired) electrons. The van der Waals surface area contributed by atoms with E-state index in [2.05, 4.69) is 10.1 Å². The summed E-state index contributed by atoms with van der Waals surface area (Å²) in [4.78, 5) is 14.1. The summed E-state index contributed by atoms with van der Waals surface area (Å²) in [5.41, 5.74) is 5.39. The SMILES string of the molecule is N/C(=N/O)c1ncccc1Oc1cc([N+](=O)[O-])ccc1Cl. The third-order valence-electron chi connectivity index (χ3n) is 2.47. The number of pyridine rings is 1. The van der Waals surface area contributed by atoms with Crippen molar-refractivity contribution in [2.45, 2.75) is 0 Å². The van der Waals surface area contributed by atoms with Crippen molar-refractivity contribution in [3.63, 3.8) is 0 Å². The fraction of sp³-hybridized carbons (Fsp3) is 0. The highest BCUT2D eigenvalue weighted by Crippen LogP contribution is 2.33. The molecule has 0 amide bonds. The molecule has 8 nitrogen and oxygen atoms in total. The van der Waals surface area contributed by atoms with Crippen molar-refractivity contribution in [2.75, 3.05) is 0 Å². The molecule has 1 aromatic carbocycles. The van der Waals surface area contributed by atoms with Crippen LogP contribution in [-0.4, -0.2) is 21.0 Å². The Morgan fingerprint density at radius 1 is 1.43 bits per heavy atom. The molecule has 2 rings (SSSR count). The van der Waals surface area contributed by atoms with Gasteiger partial charge < -0.3 is 15.7 Å². The molecular formula is C12H9ClN4O4. The molecule has 0 unspecified atom stereocenters. The average Bonchev–Trinajstić information content (AvgIpc) is 2.49. The first-order chi connectivity index (χ1) is 10.0. The number of amidine groups is 1. The number of hydrogen-bond acceptors (Lipinski definition) is 6. The number of non-ortho nitro benzene ring substituents is 1. The van der Waals surface area contributed by atoms with Gasteiger partial charge in [0.2, 0.25) is 0 Å². The van der Waals surface area contributed by atoms with E-state index in [0.29, 0.717) is 0 Å². The van der Waals surface area contributed by atoms with Gasteiger partial charge in [-0.15, -0.1) is 0 Å². The smallest absolute Gasteiger partial charge is 0.273 e. The summed E-state index contributed by atoms with van der Waals surface area (Å²) in [7, 11) is 0. The summed E-state index contributed by atoms with van der Waals surface area (Å²) in [6.45, 7) is 0. The third kappa shape index (κ3) is 3.18. The van der Waals surface area contributed by atoms with Crippen LogP contribution in [0.25, 0.3) is 0 Å². The van der Waals surface area contributed by atoms with Crippen molar-refractivity contribution in [1.82, 2.24) is 4.98 Å². The van der Waals surface area contributed by atoms with Crippen molar-refractivity contribution >= 4 is 23.1 Å². The van der Waals surface area contributed by atoms with Crippen LogP contribution in [0.2, 0.25) is 5.02 Å². The fourth-order valence-electron chi connectivity index (χ4n) is 1.51. The van der Waals surface area contributed by atoms with Gasteiger partial charge in [0.15, 0.2) is 23.0 Å². The van der Waals surface area contributed by atoms with Crippen LogP contribution < -0.4 is 10.5 Å². The Bertz CT molecular complexity index is 720. The summed E-state index contributed by atoms with van der Waals surface area (Å²) in [6, 6.07) is 6.84. The highest BCUT2D eigenvalue weighted by molar-refractivity contribution is 6.32. The Hall–Kier alpha value is -2.87. The van der Waals surface area contributed by atoms with Gasteiger partial charge in [0.1, 0.15) is 0 Å². The van der Waals surface area contributed by atoms with Gasteiger partial charge in [-0.2, -0.15) is 0 Å². The number of hydrogen-bond donors (Lipinski definition) is 2. The number of rotatable bonds is 4. The lowest BCUT2D eigenvalue weighted by molar-refractivity contribution is -0.384. The molecule has 21 heavy (non-hydrogen) atoms. The minimum Gasteiger partial charge on any atom is -0.453 e. The minimum absolute atomic E-state index is 0.0610. The molecule has 0 saturated heterocycles. The second kappa shape index (κ2) is 6.06. The van der Waals surface area contributed by atoms with Crippen LogP contribution >= 0.6 is 11.6 Å². The Labute approximate surface area is 123 Å². The number of nitro benzene ring substituents is 1. The van der Waals surface area contributed by atoms with E-state index in [-0.39, 0.29) is 33.7 Å². The van der Waals surface area contributed by atoms with Crippen LogP contribution in [-0.2, 0) is 0 Å². The van der Waals surface area contributed by atoms with Gasteiger partial charge in [0, 0.05) is 12.3 Å². The normalized spacial score (nSPS) is 11.2. The van der Waals surface area contributed by atoms with Crippen LogP contribution in [0.4, 0.5) is 5.69 Å². The highest BCUT2D eigenvalue weighted by Gasteiger charge is 2.15. The topological polar surface area (TPSA) is 124 Å². The number of ether oxygens (including phenoxy) is 1. The summed E-state index contributed by atoms with van der Waals surface area (Å²) < 4.78 is 5.48. The summed E-state index contributed by atoms with van der Waals surface area (Å²) >= 11 is 5.94. The van der Waals surface area contributed by atoms with Crippen molar-refractivity contribution in [1.29, 1.82) is 0 Å². The molecule has 0 saturated carbocycles. The molecule has 1 heterocycles. The van der Waals surface area contributed by atoms with Crippen LogP contribution in [0, 0.1) is 10.1 Å². The maximum Gasteiger partial charge on any atom is 0.273 e. The van der Waals surface area contributed by atoms with E-state index < -0.39 is 4.92 Å². The van der Waals surface area contributed by atoms with Gasteiger partial charge >= 0.3 is 0 Å². The lowest BCUT2D eigenvalue weighted by atomic mass is 10.3. The molecular weight excluding hydrogens is 300 g/mol. The highest BCUT2D eigenvalue weighted by atomic mass is 35.5. The quantitative estimate of drug-likeness (QED) is 0.294. The number of aromatic nitrogens is 1. The Kier molecular flexibility index (Phi) is 4.19. The molecule has 3 N–H and O–H groups in total. The Morgan fingerprint density at radius 2 is 2.19 bits per heavy atom. The molecule has 2 aromatic rings. The molecule has 108 valence electrons. The first-order valence-corrected chi connectivity index (χ1v) is 5.95. The zero-order valence-corrected chi connectivity index (χ0v) is 11.2. The summed E-state index contributed by atoms with van der Waals surface area (Å²) in [6.07, 6.45) is 1.43. The van der Waals surface area contributed by atoms with E-state index in [1.165, 1.54) is 30.5 Å². The second-order valence-electron chi connectivity index (χ2n) is 3.81. The number of halogens is 1. The molecule has 0 atom stereocenters. The number of nitrogens with two attached hydrogens (primary N) is 1. The number of nitro groups is 1. The standard InChI is InChI=1S/C12H9ClN4O4/c13-8-4-3-7(17(19)20)6-10(8)21-9-2-1-5-15-11(9)12(14)16-18/h1-6,18H,(H2,14,16). The molecule has 0 aliphatic heterocycles. The van der Waals surface area contributed by atoms with Crippen LogP contribution in [0.3, 0.4) is 0 Å². The Balaban J connectivity index is 2.43. The largest absolute Gasteiger partial charge is 0.453 e. The van der Waals surface area contributed by atoms with Crippen molar-refractivity contribution in [3.05, 3.63) is 57.4 Å². The van der Waals surface area contributed by atoms with E-state index >= 15 is 0 Å². The number of nitrogens with zero attached hydrogens (tertiary/aromatic N) is 3. The second-order valence-corrected chi connectivity index (χ2v) is 4.22. The van der Waals surface area contributed by atoms with Gasteiger partial charge in [-0.1, -0.05) is 16.8 Å². The van der Waals surface area contributed by atoms with Crippen LogP contribution in [0.5, 0.6) is 11.5 Å². The van der Waals surface area contributed by atoms with Gasteiger partial charge in [-0.3, -0.25) is 10.1 Å². The van der Waals surface area contributed by atoms with E-state index in [1.54, 1.807) is 6.07 Å². The fourth-order valence-corrected chi connectivity index (χ4v) is 1.67. The van der Waals surface area contributed by atoms with Gasteiger partial charge in [0.05, 0.1) is 16.0 Å². The van der Waals surface area contributed by atoms with Crippen molar-refractivity contribution in [2.24, 2.45) is 10.9 Å². The molecule has 0 bridgehead atoms. The monoisotopic (exact) mass is 308 g/mol. The summed E-state index contributed by atoms with van der Waals surface area (Å²) in [5.74, 6) is -0.0480. The lowest BCUT2D eigenvalue weighted by Crippen LogP contribution is -2.16. The predicted molar refractivity (Wildman–Crippen MR) is 74.9 cm³/mol. The molecule has 9 heteroatoms. The first kappa shape index (κ1) is 14.5. The van der Waals surface area contributed by atoms with Crippen molar-refractivity contribution in [3.8, 4) is 11.5 Å². The molecule has 0 spiro atoms. The lowest BCUT2D eigenvalue weighted by Gasteiger charge is -2.10. The summed E-state index contributed by atoms with van der Waals surface area (Å²) in [5, 5.41) is 22.5. The van der Waals surface area contributed by atoms with Gasteiger partial charge in [-0.25, -0.2) is 4.98 Å². The molecule has 0 aliphatic carbocycles. The maximum absolute atomic E-state index is 10.8. The van der Waals surface area contributed by atoms with Crippen LogP contribution in [0.15, 0.2) is 41.7 Å². The zero-order valence-electron chi connectivity index (χ0n) is 10.4. The average molecular weight is 309 g/mol. The first-order valence-electron chi connectivity index (χ1n) is 5.57. The van der Waals surface area contributed by atoms with Crippen LogP contribution in [0.1, 0.15) is 5.69 Å². The van der Waals surface area contributed by atoms with Crippen molar-refractivity contribution < 1.29 is 14.9 Å². The van der Waals surface area contributed by atoms with E-state index in [1.807, 2.05) is 0 Å². The molecule has 0 fully saturated rings. The number of oxime groups is 1. The predicted octanol–water partition coefficient (Wildman–Crippen LogP) is 2.53. The van der Waals surface area contributed by atoms with E-state index in [4.69, 9.17) is 27.3 Å². The van der Waals surface area contributed by atoms with E-state index in [0.717, 1.165) is 0 Å². The van der Waals surface area contributed by atoms with Gasteiger partial charge in [0.25, 0.3) is 5.69 Å². The Morgan fingerprint density at radius 3 is 2.86 bits per heavy atom. The molecule has 1 aromatic heterocycles. The van der Waals surface area contributed by atoms with Gasteiger partial charge in [-0.05, 0) is 18.2 Å². The zero-order chi connectivity index (χ0) is 15.4. The molecule has 0 aliphatic rings. The maximum atomic E-state index is 10.8. The number of benzene rings is 1. The minimum atomic E-state index is -0.573.